The lowest BCUT2D eigenvalue weighted by atomic mass is 10.1. The summed E-state index contributed by atoms with van der Waals surface area (Å²) in [5, 5.41) is 9.57. The van der Waals surface area contributed by atoms with Gasteiger partial charge in [0, 0.05) is 31.1 Å². The van der Waals surface area contributed by atoms with Crippen molar-refractivity contribution in [1.82, 2.24) is 4.90 Å². The van der Waals surface area contributed by atoms with Crippen LogP contribution in [0.25, 0.3) is 0 Å². The zero-order valence-corrected chi connectivity index (χ0v) is 10.8. The molecule has 18 heavy (non-hydrogen) atoms. The largest absolute Gasteiger partial charge is 0.507 e. The van der Waals surface area contributed by atoms with Crippen LogP contribution in [0.3, 0.4) is 0 Å². The number of aromatic hydroxyl groups is 1. The van der Waals surface area contributed by atoms with E-state index in [4.69, 9.17) is 5.73 Å². The molecule has 1 saturated heterocycles. The zero-order valence-electron chi connectivity index (χ0n) is 10.0. The van der Waals surface area contributed by atoms with Crippen molar-refractivity contribution in [2.45, 2.75) is 12.8 Å². The molecule has 0 amide bonds. The second kappa shape index (κ2) is 6.31. The van der Waals surface area contributed by atoms with Gasteiger partial charge in [-0.15, -0.1) is 12.4 Å². The highest BCUT2D eigenvalue weighted by Crippen LogP contribution is 2.20. The minimum Gasteiger partial charge on any atom is -0.507 e. The van der Waals surface area contributed by atoms with Gasteiger partial charge >= 0.3 is 0 Å². The molecular weight excluding hydrogens is 252 g/mol. The van der Waals surface area contributed by atoms with Gasteiger partial charge in [-0.2, -0.15) is 0 Å². The first-order valence-electron chi connectivity index (χ1n) is 5.72. The number of carbonyl (C=O) groups excluding carboxylic acids is 1. The van der Waals surface area contributed by atoms with Crippen LogP contribution in [0.1, 0.15) is 23.2 Å². The van der Waals surface area contributed by atoms with E-state index < -0.39 is 0 Å². The summed E-state index contributed by atoms with van der Waals surface area (Å²) < 4.78 is 0. The van der Waals surface area contributed by atoms with Gasteiger partial charge in [0.2, 0.25) is 0 Å². The van der Waals surface area contributed by atoms with Crippen LogP contribution in [0, 0.1) is 0 Å². The van der Waals surface area contributed by atoms with Crippen molar-refractivity contribution in [3.05, 3.63) is 36.0 Å². The van der Waals surface area contributed by atoms with Crippen molar-refractivity contribution < 1.29 is 9.90 Å². The molecule has 4 nitrogen and oxygen atoms in total. The maximum Gasteiger partial charge on any atom is 0.191 e. The van der Waals surface area contributed by atoms with Crippen LogP contribution < -0.4 is 5.73 Å². The Kier molecular flexibility index (Phi) is 5.04. The number of nitrogens with zero attached hydrogens (tertiary/aromatic N) is 1. The van der Waals surface area contributed by atoms with Crippen LogP contribution in [-0.4, -0.2) is 28.9 Å². The average Bonchev–Trinajstić information content (AvgIpc) is 2.82. The number of carbonyl (C=O) groups is 1. The van der Waals surface area contributed by atoms with Crippen LogP contribution in [0.5, 0.6) is 5.75 Å². The fraction of sp³-hybridized carbons (Fsp3) is 0.308. The SMILES string of the molecule is Cl.Nc1ccc(O)c(C(=O)C=CN2CCCC2)c1. The van der Waals surface area contributed by atoms with Gasteiger partial charge in [-0.25, -0.2) is 0 Å². The van der Waals surface area contributed by atoms with Crippen molar-refractivity contribution in [1.29, 1.82) is 0 Å². The Labute approximate surface area is 112 Å². The molecule has 1 aliphatic rings. The summed E-state index contributed by atoms with van der Waals surface area (Å²) in [6.45, 7) is 1.99. The van der Waals surface area contributed by atoms with Crippen LogP contribution >= 0.6 is 12.4 Å². The lowest BCUT2D eigenvalue weighted by Gasteiger charge is -2.09. The van der Waals surface area contributed by atoms with Crippen LogP contribution in [0.4, 0.5) is 5.69 Å². The first-order valence-corrected chi connectivity index (χ1v) is 5.72. The van der Waals surface area contributed by atoms with Crippen LogP contribution in [-0.2, 0) is 0 Å². The number of hydrogen-bond donors (Lipinski definition) is 2. The summed E-state index contributed by atoms with van der Waals surface area (Å²) in [5.74, 6) is -0.253. The van der Waals surface area contributed by atoms with Crippen molar-refractivity contribution in [2.75, 3.05) is 18.8 Å². The maximum atomic E-state index is 11.8. The molecule has 98 valence electrons. The molecule has 1 fully saturated rings. The minimum atomic E-state index is -0.221. The van der Waals surface area contributed by atoms with E-state index in [1.807, 2.05) is 0 Å². The molecule has 3 N–H and O–H groups in total. The van der Waals surface area contributed by atoms with E-state index in [0.717, 1.165) is 13.1 Å². The lowest BCUT2D eigenvalue weighted by Crippen LogP contribution is -2.11. The molecule has 1 aromatic rings. The van der Waals surface area contributed by atoms with Gasteiger partial charge in [0.25, 0.3) is 0 Å². The summed E-state index contributed by atoms with van der Waals surface area (Å²) >= 11 is 0. The van der Waals surface area contributed by atoms with Crippen LogP contribution in [0.15, 0.2) is 30.5 Å². The molecule has 0 atom stereocenters. The first-order chi connectivity index (χ1) is 8.16. The topological polar surface area (TPSA) is 66.6 Å². The molecule has 0 aliphatic carbocycles. The number of likely N-dealkylation sites (tertiary alicyclic amines) is 1. The lowest BCUT2D eigenvalue weighted by molar-refractivity contribution is 0.104. The Morgan fingerprint density at radius 2 is 2.00 bits per heavy atom. The Hall–Kier alpha value is -1.68. The van der Waals surface area contributed by atoms with E-state index >= 15 is 0 Å². The summed E-state index contributed by atoms with van der Waals surface area (Å²) in [7, 11) is 0. The minimum absolute atomic E-state index is 0. The van der Waals surface area contributed by atoms with E-state index in [1.54, 1.807) is 12.3 Å². The third kappa shape index (κ3) is 3.40. The normalized spacial score (nSPS) is 14.8. The van der Waals surface area contributed by atoms with Gasteiger partial charge in [0.15, 0.2) is 5.78 Å². The van der Waals surface area contributed by atoms with E-state index in [1.165, 1.54) is 31.1 Å². The molecular formula is C13H17ClN2O2. The van der Waals surface area contributed by atoms with E-state index in [9.17, 15) is 9.90 Å². The number of hydrogen-bond acceptors (Lipinski definition) is 4. The molecule has 0 spiro atoms. The van der Waals surface area contributed by atoms with E-state index in [0.29, 0.717) is 5.69 Å². The fourth-order valence-electron chi connectivity index (χ4n) is 1.90. The number of phenols is 1. The molecule has 0 aromatic heterocycles. The second-order valence-corrected chi connectivity index (χ2v) is 4.20. The number of nitrogen functional groups attached to an aromatic ring is 1. The summed E-state index contributed by atoms with van der Waals surface area (Å²) in [5.41, 5.74) is 6.31. The number of nitrogens with two attached hydrogens (primary N) is 1. The number of rotatable bonds is 3. The number of benzene rings is 1. The standard InChI is InChI=1S/C13H16N2O2.ClH/c14-10-3-4-12(16)11(9-10)13(17)5-8-15-6-1-2-7-15;/h3-5,8-9,16H,1-2,6-7,14H2;1H. The van der Waals surface area contributed by atoms with Crippen molar-refractivity contribution in [3.63, 3.8) is 0 Å². The molecule has 5 heteroatoms. The number of allylic oxidation sites excluding steroid dienone is 1. The molecule has 1 heterocycles. The van der Waals surface area contributed by atoms with Gasteiger partial charge in [-0.05, 0) is 31.0 Å². The molecule has 0 unspecified atom stereocenters. The van der Waals surface area contributed by atoms with Gasteiger partial charge in [0.05, 0.1) is 5.56 Å². The van der Waals surface area contributed by atoms with Crippen LogP contribution in [0.2, 0.25) is 0 Å². The summed E-state index contributed by atoms with van der Waals surface area (Å²) in [6, 6.07) is 4.49. The van der Waals surface area contributed by atoms with Crippen molar-refractivity contribution >= 4 is 23.9 Å². The van der Waals surface area contributed by atoms with Crippen molar-refractivity contribution in [2.24, 2.45) is 0 Å². The number of anilines is 1. The van der Waals surface area contributed by atoms with Gasteiger partial charge in [-0.1, -0.05) is 0 Å². The van der Waals surface area contributed by atoms with Gasteiger partial charge in [-0.3, -0.25) is 4.79 Å². The summed E-state index contributed by atoms with van der Waals surface area (Å²) in [4.78, 5) is 13.9. The smallest absolute Gasteiger partial charge is 0.191 e. The molecule has 1 aromatic carbocycles. The highest BCUT2D eigenvalue weighted by molar-refractivity contribution is 6.06. The Balaban J connectivity index is 0.00000162. The molecule has 0 bridgehead atoms. The zero-order chi connectivity index (χ0) is 12.3. The number of ketones is 1. The Morgan fingerprint density at radius 3 is 2.67 bits per heavy atom. The third-order valence-electron chi connectivity index (χ3n) is 2.86. The van der Waals surface area contributed by atoms with E-state index in [-0.39, 0.29) is 29.5 Å². The second-order valence-electron chi connectivity index (χ2n) is 4.20. The molecule has 0 saturated carbocycles. The first kappa shape index (κ1) is 14.4. The molecule has 2 rings (SSSR count). The third-order valence-corrected chi connectivity index (χ3v) is 2.86. The fourth-order valence-corrected chi connectivity index (χ4v) is 1.90. The van der Waals surface area contributed by atoms with Gasteiger partial charge in [0.1, 0.15) is 5.75 Å². The van der Waals surface area contributed by atoms with Gasteiger partial charge < -0.3 is 15.7 Å². The number of phenolic OH excluding ortho intramolecular Hbond substituents is 1. The average molecular weight is 269 g/mol. The molecule has 0 radical (unpaired) electrons. The predicted octanol–water partition coefficient (Wildman–Crippen LogP) is 2.19. The quantitative estimate of drug-likeness (QED) is 0.382. The highest BCUT2D eigenvalue weighted by atomic mass is 35.5. The number of halogens is 1. The summed E-state index contributed by atoms with van der Waals surface area (Å²) in [6.07, 6.45) is 5.61. The van der Waals surface area contributed by atoms with E-state index in [2.05, 4.69) is 4.90 Å². The molecule has 1 aliphatic heterocycles. The Bertz CT molecular complexity index is 454. The maximum absolute atomic E-state index is 11.8. The Morgan fingerprint density at radius 1 is 1.33 bits per heavy atom. The predicted molar refractivity (Wildman–Crippen MR) is 74.0 cm³/mol. The highest BCUT2D eigenvalue weighted by Gasteiger charge is 2.10. The monoisotopic (exact) mass is 268 g/mol. The van der Waals surface area contributed by atoms with Crippen molar-refractivity contribution in [3.8, 4) is 5.75 Å².